The number of methoxy groups -OCH3 is 4. The maximum Gasteiger partial charge on any atom is 0.251 e. The van der Waals surface area contributed by atoms with E-state index in [1.807, 2.05) is 31.1 Å². The van der Waals surface area contributed by atoms with Crippen molar-refractivity contribution in [2.24, 2.45) is 0 Å². The molecule has 0 heterocycles. The van der Waals surface area contributed by atoms with Crippen LogP contribution in [0.15, 0.2) is 36.4 Å². The van der Waals surface area contributed by atoms with Crippen molar-refractivity contribution < 1.29 is 23.7 Å². The Morgan fingerprint density at radius 2 is 1.61 bits per heavy atom. The van der Waals surface area contributed by atoms with Gasteiger partial charge in [0.05, 0.1) is 34.5 Å². The molecule has 0 aliphatic carbocycles. The lowest BCUT2D eigenvalue weighted by atomic mass is 10.0. The lowest BCUT2D eigenvalue weighted by molar-refractivity contribution is 0.0941. The van der Waals surface area contributed by atoms with Crippen LogP contribution in [0.4, 0.5) is 0 Å². The topological polar surface area (TPSA) is 69.3 Å². The number of ether oxygens (including phenoxy) is 4. The molecule has 0 aromatic heterocycles. The van der Waals surface area contributed by atoms with Crippen LogP contribution in [0.3, 0.4) is 0 Å². The molecule has 7 nitrogen and oxygen atoms in total. The number of nitrogens with zero attached hydrogens (tertiary/aromatic N) is 1. The summed E-state index contributed by atoms with van der Waals surface area (Å²) in [5.74, 6) is 2.15. The summed E-state index contributed by atoms with van der Waals surface area (Å²) in [4.78, 5) is 14.6. The summed E-state index contributed by atoms with van der Waals surface area (Å²) in [7, 11) is 10.2. The minimum Gasteiger partial charge on any atom is -0.497 e. The molecule has 0 saturated carbocycles. The van der Waals surface area contributed by atoms with Gasteiger partial charge >= 0.3 is 0 Å². The van der Waals surface area contributed by atoms with Gasteiger partial charge < -0.3 is 29.2 Å². The number of nitrogens with one attached hydrogen (secondary N) is 1. The van der Waals surface area contributed by atoms with Crippen molar-refractivity contribution in [2.45, 2.75) is 6.04 Å². The first-order chi connectivity index (χ1) is 13.4. The van der Waals surface area contributed by atoms with E-state index in [4.69, 9.17) is 18.9 Å². The molecule has 0 bridgehead atoms. The Balaban J connectivity index is 2.25. The van der Waals surface area contributed by atoms with Gasteiger partial charge in [0, 0.05) is 12.1 Å². The summed E-state index contributed by atoms with van der Waals surface area (Å²) in [6.45, 7) is 0.404. The lowest BCUT2D eigenvalue weighted by Gasteiger charge is -2.26. The van der Waals surface area contributed by atoms with Crippen molar-refractivity contribution in [3.05, 3.63) is 47.5 Å². The zero-order chi connectivity index (χ0) is 20.7. The zero-order valence-corrected chi connectivity index (χ0v) is 17.2. The Hall–Kier alpha value is -2.93. The molecule has 1 atom stereocenters. The van der Waals surface area contributed by atoms with Gasteiger partial charge in [0.2, 0.25) is 5.75 Å². The number of hydrogen-bond acceptors (Lipinski definition) is 6. The van der Waals surface area contributed by atoms with Gasteiger partial charge in [-0.3, -0.25) is 4.79 Å². The number of carbonyl (C=O) groups excluding carboxylic acids is 1. The fourth-order valence-corrected chi connectivity index (χ4v) is 2.95. The minimum atomic E-state index is -0.168. The van der Waals surface area contributed by atoms with Crippen molar-refractivity contribution in [1.82, 2.24) is 10.2 Å². The van der Waals surface area contributed by atoms with Gasteiger partial charge in [-0.25, -0.2) is 0 Å². The van der Waals surface area contributed by atoms with Crippen molar-refractivity contribution in [1.29, 1.82) is 0 Å². The fraction of sp³-hybridized carbons (Fsp3) is 0.381. The van der Waals surface area contributed by atoms with Crippen LogP contribution in [0.2, 0.25) is 0 Å². The Kier molecular flexibility index (Phi) is 7.52. The first-order valence-electron chi connectivity index (χ1n) is 8.83. The molecule has 0 spiro atoms. The van der Waals surface area contributed by atoms with Crippen molar-refractivity contribution in [3.63, 3.8) is 0 Å². The van der Waals surface area contributed by atoms with Crippen LogP contribution in [0.25, 0.3) is 0 Å². The first kappa shape index (κ1) is 21.4. The highest BCUT2D eigenvalue weighted by molar-refractivity contribution is 5.94. The van der Waals surface area contributed by atoms with Gasteiger partial charge in [0.15, 0.2) is 11.5 Å². The van der Waals surface area contributed by atoms with Crippen LogP contribution >= 0.6 is 0 Å². The average Bonchev–Trinajstić information content (AvgIpc) is 2.72. The number of likely N-dealkylation sites (N-methyl/N-ethyl adjacent to an activating group) is 1. The lowest BCUT2D eigenvalue weighted by Crippen LogP contribution is -2.34. The van der Waals surface area contributed by atoms with Crippen LogP contribution in [0, 0.1) is 0 Å². The maximum atomic E-state index is 12.6. The normalized spacial score (nSPS) is 11.7. The molecule has 2 rings (SSSR count). The molecule has 0 saturated heterocycles. The molecular weight excluding hydrogens is 360 g/mol. The van der Waals surface area contributed by atoms with Crippen LogP contribution in [0.1, 0.15) is 22.0 Å². The van der Waals surface area contributed by atoms with Gasteiger partial charge in [-0.15, -0.1) is 0 Å². The quantitative estimate of drug-likeness (QED) is 0.712. The van der Waals surface area contributed by atoms with E-state index in [2.05, 4.69) is 5.32 Å². The molecule has 152 valence electrons. The monoisotopic (exact) mass is 388 g/mol. The zero-order valence-electron chi connectivity index (χ0n) is 17.2. The molecule has 0 radical (unpaired) electrons. The minimum absolute atomic E-state index is 0.0942. The van der Waals surface area contributed by atoms with Crippen LogP contribution in [0.5, 0.6) is 23.0 Å². The third-order valence-corrected chi connectivity index (χ3v) is 4.48. The van der Waals surface area contributed by atoms with Gasteiger partial charge in [-0.05, 0) is 50.0 Å². The van der Waals surface area contributed by atoms with E-state index in [-0.39, 0.29) is 11.9 Å². The Bertz CT molecular complexity index is 782. The van der Waals surface area contributed by atoms with Crippen LogP contribution in [-0.4, -0.2) is 59.9 Å². The summed E-state index contributed by atoms with van der Waals surface area (Å²) < 4.78 is 21.5. The SMILES string of the molecule is COc1cccc(C(=O)NCC(c2cc(OC)c(OC)c(OC)c2)N(C)C)c1. The van der Waals surface area contributed by atoms with E-state index >= 15 is 0 Å². The number of rotatable bonds is 9. The Labute approximate surface area is 166 Å². The van der Waals surface area contributed by atoms with Crippen molar-refractivity contribution >= 4 is 5.91 Å². The molecule has 28 heavy (non-hydrogen) atoms. The second kappa shape index (κ2) is 9.85. The van der Waals surface area contributed by atoms with E-state index < -0.39 is 0 Å². The van der Waals surface area contributed by atoms with Crippen LogP contribution in [-0.2, 0) is 0 Å². The predicted octanol–water partition coefficient (Wildman–Crippen LogP) is 2.75. The summed E-state index contributed by atoms with van der Waals surface area (Å²) in [5.41, 5.74) is 1.48. The highest BCUT2D eigenvalue weighted by atomic mass is 16.5. The largest absolute Gasteiger partial charge is 0.497 e. The first-order valence-corrected chi connectivity index (χ1v) is 8.83. The Morgan fingerprint density at radius 3 is 2.11 bits per heavy atom. The average molecular weight is 388 g/mol. The number of benzene rings is 2. The summed E-state index contributed by atoms with van der Waals surface area (Å²) in [6, 6.07) is 10.7. The molecule has 1 amide bonds. The second-order valence-corrected chi connectivity index (χ2v) is 6.38. The second-order valence-electron chi connectivity index (χ2n) is 6.38. The number of hydrogen-bond donors (Lipinski definition) is 1. The van der Waals surface area contributed by atoms with Crippen LogP contribution < -0.4 is 24.3 Å². The molecule has 2 aromatic carbocycles. The standard InChI is InChI=1S/C21H28N2O5/c1-23(2)17(13-22-21(24)14-8-7-9-16(10-14)25-3)15-11-18(26-4)20(28-6)19(12-15)27-5/h7-12,17H,13H2,1-6H3,(H,22,24). The van der Waals surface area contributed by atoms with Gasteiger partial charge in [0.1, 0.15) is 5.75 Å². The van der Waals surface area contributed by atoms with E-state index in [1.165, 1.54) is 0 Å². The third kappa shape index (κ3) is 4.86. The summed E-state index contributed by atoms with van der Waals surface area (Å²) >= 11 is 0. The molecule has 0 aliphatic rings. The van der Waals surface area contributed by atoms with E-state index in [0.717, 1.165) is 5.56 Å². The molecule has 0 fully saturated rings. The third-order valence-electron chi connectivity index (χ3n) is 4.48. The van der Waals surface area contributed by atoms with Gasteiger partial charge in [0.25, 0.3) is 5.91 Å². The number of carbonyl (C=O) groups is 1. The van der Waals surface area contributed by atoms with Crippen molar-refractivity contribution in [3.8, 4) is 23.0 Å². The van der Waals surface area contributed by atoms with Gasteiger partial charge in [-0.1, -0.05) is 6.07 Å². The molecular formula is C21H28N2O5. The molecule has 0 aliphatic heterocycles. The molecule has 2 aromatic rings. The molecule has 1 unspecified atom stereocenters. The summed E-state index contributed by atoms with van der Waals surface area (Å²) in [5, 5.41) is 2.98. The van der Waals surface area contributed by atoms with E-state index in [0.29, 0.717) is 35.1 Å². The molecule has 1 N–H and O–H groups in total. The Morgan fingerprint density at radius 1 is 0.964 bits per heavy atom. The smallest absolute Gasteiger partial charge is 0.251 e. The predicted molar refractivity (Wildman–Crippen MR) is 108 cm³/mol. The van der Waals surface area contributed by atoms with Crippen molar-refractivity contribution in [2.75, 3.05) is 49.1 Å². The maximum absolute atomic E-state index is 12.6. The van der Waals surface area contributed by atoms with Gasteiger partial charge in [-0.2, -0.15) is 0 Å². The highest BCUT2D eigenvalue weighted by Crippen LogP contribution is 2.40. The van der Waals surface area contributed by atoms with E-state index in [9.17, 15) is 4.79 Å². The molecule has 7 heteroatoms. The fourth-order valence-electron chi connectivity index (χ4n) is 2.95. The highest BCUT2D eigenvalue weighted by Gasteiger charge is 2.21. The van der Waals surface area contributed by atoms with E-state index in [1.54, 1.807) is 52.7 Å². The number of amides is 1. The summed E-state index contributed by atoms with van der Waals surface area (Å²) in [6.07, 6.45) is 0.